The highest BCUT2D eigenvalue weighted by molar-refractivity contribution is 5.82. The lowest BCUT2D eigenvalue weighted by molar-refractivity contribution is 0.355. The van der Waals surface area contributed by atoms with Gasteiger partial charge in [0.05, 0.1) is 19.6 Å². The van der Waals surface area contributed by atoms with Crippen LogP contribution >= 0.6 is 0 Å². The molecule has 1 aliphatic heterocycles. The monoisotopic (exact) mass is 394 g/mol. The largest absolute Gasteiger partial charge is 0.493 e. The van der Waals surface area contributed by atoms with Gasteiger partial charge in [0.1, 0.15) is 11.3 Å². The molecule has 2 heterocycles. The lowest BCUT2D eigenvalue weighted by Crippen LogP contribution is -2.54. The molecule has 4 rings (SSSR count). The van der Waals surface area contributed by atoms with E-state index in [0.717, 1.165) is 24.3 Å². The first kappa shape index (κ1) is 19.3. The fourth-order valence-corrected chi connectivity index (χ4v) is 4.01. The zero-order valence-corrected chi connectivity index (χ0v) is 17.2. The minimum absolute atomic E-state index is 0.0610. The molecule has 0 saturated carbocycles. The third-order valence-corrected chi connectivity index (χ3v) is 5.30. The lowest BCUT2D eigenvalue weighted by Gasteiger charge is -2.37. The Bertz CT molecular complexity index is 1080. The average Bonchev–Trinajstić information content (AvgIpc) is 2.72. The van der Waals surface area contributed by atoms with Crippen molar-refractivity contribution in [3.8, 4) is 22.8 Å². The molecule has 0 amide bonds. The van der Waals surface area contributed by atoms with Gasteiger partial charge < -0.3 is 24.1 Å². The maximum atomic E-state index is 12.9. The van der Waals surface area contributed by atoms with Crippen LogP contribution in [-0.2, 0) is 0 Å². The highest BCUT2D eigenvalue weighted by Gasteiger charge is 2.21. The Labute approximate surface area is 170 Å². The second-order valence-electron chi connectivity index (χ2n) is 7.60. The molecule has 0 bridgehead atoms. The summed E-state index contributed by atoms with van der Waals surface area (Å²) in [4.78, 5) is 15.2. The number of hydrogen-bond donors (Lipinski definition) is 1. The van der Waals surface area contributed by atoms with Crippen LogP contribution in [0, 0.1) is 0 Å². The number of methoxy groups -OCH3 is 2. The first-order chi connectivity index (χ1) is 14.0. The van der Waals surface area contributed by atoms with E-state index in [1.807, 2.05) is 24.3 Å². The van der Waals surface area contributed by atoms with Gasteiger partial charge in [-0.25, -0.2) is 0 Å². The van der Waals surface area contributed by atoms with Crippen LogP contribution in [0.4, 0.5) is 5.69 Å². The molecule has 0 radical (unpaired) electrons. The quantitative estimate of drug-likeness (QED) is 0.729. The summed E-state index contributed by atoms with van der Waals surface area (Å²) >= 11 is 0. The molecule has 1 aliphatic rings. The van der Waals surface area contributed by atoms with Crippen LogP contribution < -0.4 is 25.1 Å². The molecule has 152 valence electrons. The van der Waals surface area contributed by atoms with E-state index in [-0.39, 0.29) is 5.43 Å². The van der Waals surface area contributed by atoms with Gasteiger partial charge in [-0.3, -0.25) is 4.79 Å². The third kappa shape index (κ3) is 3.80. The summed E-state index contributed by atoms with van der Waals surface area (Å²) in [6, 6.07) is 13.6. The number of anilines is 1. The Balaban J connectivity index is 1.72. The number of rotatable bonds is 4. The van der Waals surface area contributed by atoms with Gasteiger partial charge in [0, 0.05) is 42.5 Å². The fraction of sp³-hybridized carbons (Fsp3) is 0.348. The summed E-state index contributed by atoms with van der Waals surface area (Å²) < 4.78 is 16.7. The van der Waals surface area contributed by atoms with Crippen molar-refractivity contribution in [2.75, 3.05) is 32.2 Å². The zero-order valence-electron chi connectivity index (χ0n) is 17.2. The van der Waals surface area contributed by atoms with Gasteiger partial charge in [-0.15, -0.1) is 0 Å². The summed E-state index contributed by atoms with van der Waals surface area (Å²) in [5.74, 6) is 1.72. The highest BCUT2D eigenvalue weighted by Crippen LogP contribution is 2.33. The number of piperazine rings is 1. The van der Waals surface area contributed by atoms with Gasteiger partial charge >= 0.3 is 0 Å². The van der Waals surface area contributed by atoms with Crippen LogP contribution in [-0.4, -0.2) is 39.4 Å². The van der Waals surface area contributed by atoms with Crippen molar-refractivity contribution in [3.05, 3.63) is 52.7 Å². The van der Waals surface area contributed by atoms with Gasteiger partial charge in [-0.2, -0.15) is 0 Å². The molecule has 2 aromatic carbocycles. The maximum absolute atomic E-state index is 12.9. The Morgan fingerprint density at radius 1 is 0.966 bits per heavy atom. The molecule has 1 saturated heterocycles. The normalized spacial score (nSPS) is 19.4. The number of fused-ring (bicyclic) bond motifs is 1. The van der Waals surface area contributed by atoms with Gasteiger partial charge in [0.15, 0.2) is 16.9 Å². The number of benzene rings is 2. The molecule has 29 heavy (non-hydrogen) atoms. The second-order valence-corrected chi connectivity index (χ2v) is 7.60. The van der Waals surface area contributed by atoms with E-state index in [0.29, 0.717) is 40.3 Å². The number of hydrogen-bond acceptors (Lipinski definition) is 6. The van der Waals surface area contributed by atoms with Crippen LogP contribution in [0.3, 0.4) is 0 Å². The van der Waals surface area contributed by atoms with Crippen LogP contribution in [0.25, 0.3) is 22.3 Å². The van der Waals surface area contributed by atoms with Crippen molar-refractivity contribution in [3.63, 3.8) is 0 Å². The Morgan fingerprint density at radius 3 is 2.38 bits per heavy atom. The number of nitrogens with zero attached hydrogens (tertiary/aromatic N) is 1. The summed E-state index contributed by atoms with van der Waals surface area (Å²) in [5.41, 5.74) is 2.32. The predicted octanol–water partition coefficient (Wildman–Crippen LogP) is 3.66. The molecule has 3 aromatic rings. The molecule has 2 atom stereocenters. The maximum Gasteiger partial charge on any atom is 0.193 e. The molecule has 6 heteroatoms. The van der Waals surface area contributed by atoms with E-state index in [1.54, 1.807) is 26.4 Å². The molecular formula is C23H26N2O4. The predicted molar refractivity (Wildman–Crippen MR) is 115 cm³/mol. The van der Waals surface area contributed by atoms with Gasteiger partial charge in [-0.05, 0) is 50.2 Å². The van der Waals surface area contributed by atoms with Crippen LogP contribution in [0.2, 0.25) is 0 Å². The highest BCUT2D eigenvalue weighted by atomic mass is 16.5. The summed E-state index contributed by atoms with van der Waals surface area (Å²) in [6.45, 7) is 6.16. The van der Waals surface area contributed by atoms with Crippen molar-refractivity contribution in [1.82, 2.24) is 5.32 Å². The van der Waals surface area contributed by atoms with Gasteiger partial charge in [0.2, 0.25) is 0 Å². The van der Waals surface area contributed by atoms with E-state index < -0.39 is 0 Å². The molecule has 1 N–H and O–H groups in total. The van der Waals surface area contributed by atoms with E-state index in [2.05, 4.69) is 24.1 Å². The van der Waals surface area contributed by atoms with Crippen LogP contribution in [0.1, 0.15) is 13.8 Å². The summed E-state index contributed by atoms with van der Waals surface area (Å²) in [6.07, 6.45) is 0. The minimum Gasteiger partial charge on any atom is -0.493 e. The Hall–Kier alpha value is -2.99. The molecular weight excluding hydrogens is 368 g/mol. The number of nitrogens with one attached hydrogen (secondary N) is 1. The first-order valence-electron chi connectivity index (χ1n) is 9.80. The van der Waals surface area contributed by atoms with Crippen LogP contribution in [0.5, 0.6) is 11.5 Å². The molecule has 0 unspecified atom stereocenters. The molecule has 6 nitrogen and oxygen atoms in total. The Morgan fingerprint density at radius 2 is 1.69 bits per heavy atom. The zero-order chi connectivity index (χ0) is 20.5. The summed E-state index contributed by atoms with van der Waals surface area (Å²) in [5, 5.41) is 4.12. The van der Waals surface area contributed by atoms with Gasteiger partial charge in [-0.1, -0.05) is 0 Å². The second kappa shape index (κ2) is 7.79. The third-order valence-electron chi connectivity index (χ3n) is 5.30. The number of ether oxygens (including phenoxy) is 2. The van der Waals surface area contributed by atoms with Crippen molar-refractivity contribution < 1.29 is 13.9 Å². The molecule has 0 spiro atoms. The summed E-state index contributed by atoms with van der Waals surface area (Å²) in [7, 11) is 3.17. The van der Waals surface area contributed by atoms with E-state index >= 15 is 0 Å². The van der Waals surface area contributed by atoms with Crippen molar-refractivity contribution in [1.29, 1.82) is 0 Å². The smallest absolute Gasteiger partial charge is 0.193 e. The molecule has 0 aliphatic carbocycles. The first-order valence-corrected chi connectivity index (χ1v) is 9.80. The standard InChI is InChI=1S/C23H26N2O4/c1-14-12-25(13-15(2)24-14)17-6-8-20-18(10-17)19(26)11-22(29-20)16-5-7-21(27-3)23(9-16)28-4/h5-11,14-15,24H,12-13H2,1-4H3/t14-,15+. The SMILES string of the molecule is COc1ccc(-c2cc(=O)c3cc(N4C[C@@H](C)N[C@@H](C)C4)ccc3o2)cc1OC. The van der Waals surface area contributed by atoms with Gasteiger partial charge in [0.25, 0.3) is 0 Å². The molecule has 1 aromatic heterocycles. The van der Waals surface area contributed by atoms with E-state index in [9.17, 15) is 4.79 Å². The van der Waals surface area contributed by atoms with Crippen molar-refractivity contribution in [2.45, 2.75) is 25.9 Å². The van der Waals surface area contributed by atoms with Crippen molar-refractivity contribution >= 4 is 16.7 Å². The topological polar surface area (TPSA) is 63.9 Å². The Kier molecular flexibility index (Phi) is 5.20. The van der Waals surface area contributed by atoms with E-state index in [4.69, 9.17) is 13.9 Å². The van der Waals surface area contributed by atoms with Crippen molar-refractivity contribution in [2.24, 2.45) is 0 Å². The molecule has 1 fully saturated rings. The van der Waals surface area contributed by atoms with E-state index in [1.165, 1.54) is 6.07 Å². The lowest BCUT2D eigenvalue weighted by atomic mass is 10.1. The minimum atomic E-state index is -0.0610. The van der Waals surface area contributed by atoms with Crippen LogP contribution in [0.15, 0.2) is 51.7 Å². The fourth-order valence-electron chi connectivity index (χ4n) is 4.01. The average molecular weight is 394 g/mol.